The maximum absolute atomic E-state index is 11.5. The highest BCUT2D eigenvalue weighted by atomic mass is 16.5. The smallest absolute Gasteiger partial charge is 0.259 e. The van der Waals surface area contributed by atoms with Crippen molar-refractivity contribution in [3.8, 4) is 5.75 Å². The summed E-state index contributed by atoms with van der Waals surface area (Å²) >= 11 is 0. The first-order valence-corrected chi connectivity index (χ1v) is 5.82. The number of likely N-dealkylation sites (N-methyl/N-ethyl adjacent to an activating group) is 1. The van der Waals surface area contributed by atoms with Crippen LogP contribution in [0.3, 0.4) is 0 Å². The van der Waals surface area contributed by atoms with Gasteiger partial charge in [0.2, 0.25) is 5.91 Å². The fourth-order valence-corrected chi connectivity index (χ4v) is 1.80. The summed E-state index contributed by atoms with van der Waals surface area (Å²) in [5, 5.41) is 2.80. The van der Waals surface area contributed by atoms with Gasteiger partial charge in [0.25, 0.3) is 5.91 Å². The van der Waals surface area contributed by atoms with Crippen molar-refractivity contribution in [2.24, 2.45) is 0 Å². The van der Waals surface area contributed by atoms with Crippen LogP contribution in [-0.4, -0.2) is 37.4 Å². The molecule has 2 amide bonds. The second-order valence-corrected chi connectivity index (χ2v) is 4.41. The molecule has 0 aromatic heterocycles. The predicted octanol–water partition coefficient (Wildman–Crippen LogP) is 1.04. The lowest BCUT2D eigenvalue weighted by atomic mass is 10.0. The van der Waals surface area contributed by atoms with Gasteiger partial charge in [-0.3, -0.25) is 9.59 Å². The molecule has 1 aliphatic rings. The summed E-state index contributed by atoms with van der Waals surface area (Å²) in [7, 11) is 3.37. The maximum Gasteiger partial charge on any atom is 0.259 e. The van der Waals surface area contributed by atoms with Crippen LogP contribution in [0.25, 0.3) is 0 Å². The van der Waals surface area contributed by atoms with E-state index in [-0.39, 0.29) is 18.4 Å². The molecule has 0 atom stereocenters. The largest absolute Gasteiger partial charge is 0.483 e. The van der Waals surface area contributed by atoms with Crippen molar-refractivity contribution in [3.63, 3.8) is 0 Å². The first kappa shape index (κ1) is 12.4. The molecule has 18 heavy (non-hydrogen) atoms. The number of ether oxygens (including phenoxy) is 1. The summed E-state index contributed by atoms with van der Waals surface area (Å²) in [5.41, 5.74) is 1.74. The number of amides is 2. The lowest BCUT2D eigenvalue weighted by Crippen LogP contribution is -2.28. The molecular formula is C13H16N2O3. The van der Waals surface area contributed by atoms with Crippen LogP contribution in [0.5, 0.6) is 5.75 Å². The number of benzene rings is 1. The summed E-state index contributed by atoms with van der Waals surface area (Å²) < 4.78 is 5.52. The van der Waals surface area contributed by atoms with E-state index in [1.807, 2.05) is 12.1 Å². The van der Waals surface area contributed by atoms with Crippen molar-refractivity contribution in [1.29, 1.82) is 0 Å². The van der Waals surface area contributed by atoms with E-state index >= 15 is 0 Å². The van der Waals surface area contributed by atoms with Gasteiger partial charge in [0, 0.05) is 31.8 Å². The van der Waals surface area contributed by atoms with E-state index in [9.17, 15) is 9.59 Å². The van der Waals surface area contributed by atoms with Gasteiger partial charge in [-0.1, -0.05) is 6.07 Å². The zero-order valence-electron chi connectivity index (χ0n) is 10.5. The number of carbonyl (C=O) groups is 2. The van der Waals surface area contributed by atoms with Gasteiger partial charge < -0.3 is 15.0 Å². The van der Waals surface area contributed by atoms with E-state index in [0.717, 1.165) is 11.3 Å². The third kappa shape index (κ3) is 2.61. The van der Waals surface area contributed by atoms with Gasteiger partial charge in [0.15, 0.2) is 6.61 Å². The van der Waals surface area contributed by atoms with Crippen molar-refractivity contribution in [1.82, 2.24) is 4.90 Å². The fourth-order valence-electron chi connectivity index (χ4n) is 1.80. The van der Waals surface area contributed by atoms with E-state index in [1.54, 1.807) is 20.2 Å². The number of anilines is 1. The van der Waals surface area contributed by atoms with Crippen LogP contribution in [0.1, 0.15) is 12.0 Å². The normalized spacial score (nSPS) is 13.6. The summed E-state index contributed by atoms with van der Waals surface area (Å²) in [6.07, 6.45) is 1.10. The molecule has 2 rings (SSSR count). The number of nitrogens with one attached hydrogen (secondary N) is 1. The average molecular weight is 248 g/mol. The Balaban J connectivity index is 2.12. The molecule has 0 saturated carbocycles. The molecule has 1 aromatic rings. The Hall–Kier alpha value is -2.04. The molecule has 5 nitrogen and oxygen atoms in total. The number of nitrogens with zero attached hydrogens (tertiary/aromatic N) is 1. The van der Waals surface area contributed by atoms with Crippen LogP contribution >= 0.6 is 0 Å². The lowest BCUT2D eigenvalue weighted by Gasteiger charge is -2.20. The fraction of sp³-hybridized carbons (Fsp3) is 0.385. The van der Waals surface area contributed by atoms with E-state index in [4.69, 9.17) is 4.74 Å². The molecule has 0 spiro atoms. The lowest BCUT2D eigenvalue weighted by molar-refractivity contribution is -0.130. The molecule has 0 radical (unpaired) electrons. The van der Waals surface area contributed by atoms with Gasteiger partial charge in [0.1, 0.15) is 5.75 Å². The van der Waals surface area contributed by atoms with Crippen LogP contribution in [0.15, 0.2) is 18.2 Å². The number of rotatable bonds is 3. The van der Waals surface area contributed by atoms with E-state index in [1.165, 1.54) is 4.90 Å². The highest BCUT2D eigenvalue weighted by molar-refractivity contribution is 5.94. The first-order valence-electron chi connectivity index (χ1n) is 5.82. The van der Waals surface area contributed by atoms with Crippen LogP contribution in [0.4, 0.5) is 5.69 Å². The molecule has 96 valence electrons. The Kier molecular flexibility index (Phi) is 3.50. The van der Waals surface area contributed by atoms with Gasteiger partial charge >= 0.3 is 0 Å². The highest BCUT2D eigenvalue weighted by Crippen LogP contribution is 2.30. The van der Waals surface area contributed by atoms with Crippen LogP contribution in [-0.2, 0) is 16.0 Å². The van der Waals surface area contributed by atoms with E-state index in [0.29, 0.717) is 18.6 Å². The van der Waals surface area contributed by atoms with Gasteiger partial charge in [-0.2, -0.15) is 0 Å². The Morgan fingerprint density at radius 2 is 2.17 bits per heavy atom. The third-order valence-corrected chi connectivity index (χ3v) is 2.86. The monoisotopic (exact) mass is 248 g/mol. The first-order chi connectivity index (χ1) is 8.58. The third-order valence-electron chi connectivity index (χ3n) is 2.86. The van der Waals surface area contributed by atoms with Crippen LogP contribution in [0.2, 0.25) is 0 Å². The zero-order valence-corrected chi connectivity index (χ0v) is 10.5. The Bertz CT molecular complexity index is 483. The minimum Gasteiger partial charge on any atom is -0.483 e. The minimum atomic E-state index is -0.0903. The quantitative estimate of drug-likeness (QED) is 0.869. The molecule has 5 heteroatoms. The zero-order chi connectivity index (χ0) is 13.1. The van der Waals surface area contributed by atoms with Crippen molar-refractivity contribution >= 4 is 17.5 Å². The van der Waals surface area contributed by atoms with Gasteiger partial charge in [-0.15, -0.1) is 0 Å². The van der Waals surface area contributed by atoms with E-state index in [2.05, 4.69) is 5.32 Å². The second-order valence-electron chi connectivity index (χ2n) is 4.41. The van der Waals surface area contributed by atoms with Crippen LogP contribution in [0, 0.1) is 0 Å². The molecule has 0 saturated heterocycles. The molecule has 1 aliphatic heterocycles. The van der Waals surface area contributed by atoms with Crippen molar-refractivity contribution in [2.75, 3.05) is 26.0 Å². The topological polar surface area (TPSA) is 58.6 Å². The average Bonchev–Trinajstić information content (AvgIpc) is 2.35. The molecule has 0 unspecified atom stereocenters. The molecule has 0 aliphatic carbocycles. The Morgan fingerprint density at radius 3 is 2.89 bits per heavy atom. The number of carbonyl (C=O) groups excluding carboxylic acids is 2. The summed E-state index contributed by atoms with van der Waals surface area (Å²) in [6.45, 7) is 0.0113. The molecule has 0 bridgehead atoms. The Labute approximate surface area is 106 Å². The molecule has 1 N–H and O–H groups in total. The van der Waals surface area contributed by atoms with Gasteiger partial charge in [-0.05, 0) is 18.6 Å². The second kappa shape index (κ2) is 5.08. The van der Waals surface area contributed by atoms with Crippen molar-refractivity contribution < 1.29 is 14.3 Å². The summed E-state index contributed by atoms with van der Waals surface area (Å²) in [5.74, 6) is 0.596. The Morgan fingerprint density at radius 1 is 1.39 bits per heavy atom. The van der Waals surface area contributed by atoms with E-state index < -0.39 is 0 Å². The molecule has 1 heterocycles. The number of hydrogen-bond acceptors (Lipinski definition) is 3. The van der Waals surface area contributed by atoms with Crippen molar-refractivity contribution in [3.05, 3.63) is 23.8 Å². The van der Waals surface area contributed by atoms with Gasteiger partial charge in [-0.25, -0.2) is 0 Å². The standard InChI is InChI=1S/C13H16N2O3/c1-15(2)13(17)8-18-11-5-3-4-10-9(11)6-7-12(16)14-10/h3-5H,6-8H2,1-2H3,(H,14,16). The number of hydrogen-bond donors (Lipinski definition) is 1. The highest BCUT2D eigenvalue weighted by Gasteiger charge is 2.18. The number of fused-ring (bicyclic) bond motifs is 1. The summed E-state index contributed by atoms with van der Waals surface area (Å²) in [6, 6.07) is 5.46. The molecular weight excluding hydrogens is 232 g/mol. The SMILES string of the molecule is CN(C)C(=O)COc1cccc2c1CCC(=O)N2. The van der Waals surface area contributed by atoms with Gasteiger partial charge in [0.05, 0.1) is 0 Å². The predicted molar refractivity (Wildman–Crippen MR) is 67.6 cm³/mol. The van der Waals surface area contributed by atoms with Crippen LogP contribution < -0.4 is 10.1 Å². The molecule has 1 aromatic carbocycles. The van der Waals surface area contributed by atoms with Crippen molar-refractivity contribution in [2.45, 2.75) is 12.8 Å². The summed E-state index contributed by atoms with van der Waals surface area (Å²) in [4.78, 5) is 24.2. The minimum absolute atomic E-state index is 0.0113. The maximum atomic E-state index is 11.5. The molecule has 0 fully saturated rings.